The van der Waals surface area contributed by atoms with E-state index in [0.717, 1.165) is 6.07 Å². The van der Waals surface area contributed by atoms with Crippen LogP contribution in [0.2, 0.25) is 0 Å². The van der Waals surface area contributed by atoms with Crippen LogP contribution in [0.5, 0.6) is 5.75 Å². The number of benzene rings is 2. The average Bonchev–Trinajstić information content (AvgIpc) is 3.04. The van der Waals surface area contributed by atoms with Gasteiger partial charge in [-0.1, -0.05) is 12.1 Å². The topological polar surface area (TPSA) is 130 Å². The van der Waals surface area contributed by atoms with E-state index >= 15 is 0 Å². The second-order valence-electron chi connectivity index (χ2n) is 7.33. The molecule has 0 aliphatic carbocycles. The number of carbonyl (C=O) groups excluding carboxylic acids is 2. The van der Waals surface area contributed by atoms with E-state index in [4.69, 9.17) is 4.74 Å². The van der Waals surface area contributed by atoms with Crippen molar-refractivity contribution in [3.63, 3.8) is 0 Å². The van der Waals surface area contributed by atoms with Crippen LogP contribution in [0.25, 0.3) is 0 Å². The Kier molecular flexibility index (Phi) is 5.67. The third-order valence-corrected chi connectivity index (χ3v) is 7.43. The quantitative estimate of drug-likeness (QED) is 0.356. The van der Waals surface area contributed by atoms with Crippen LogP contribution in [-0.4, -0.2) is 74.2 Å². The highest BCUT2D eigenvalue weighted by Gasteiger charge is 2.37. The molecule has 1 saturated heterocycles. The third-order valence-electron chi connectivity index (χ3n) is 5.54. The SMILES string of the molecule is COc1ccc(S(=O)(=O)N2CCN(CN3C(=O)C(=O)c4ccccc43)CC2)cc1[N+](=O)[O-]. The standard InChI is InChI=1S/C20H20N4O7S/c1-31-18-7-6-14(12-17(18)24(27)28)32(29,30)22-10-8-21(9-11-22)13-23-16-5-3-2-4-15(16)19(25)20(23)26/h2-7,12H,8-11,13H2,1H3. The molecular formula is C20H20N4O7S. The maximum atomic E-state index is 13.0. The van der Waals surface area contributed by atoms with E-state index in [0.29, 0.717) is 24.3 Å². The molecule has 1 fully saturated rings. The van der Waals surface area contributed by atoms with Crippen LogP contribution in [0.3, 0.4) is 0 Å². The molecular weight excluding hydrogens is 440 g/mol. The number of ketones is 1. The summed E-state index contributed by atoms with van der Waals surface area (Å²) in [7, 11) is -2.68. The summed E-state index contributed by atoms with van der Waals surface area (Å²) < 4.78 is 32.2. The Labute approximate surface area is 184 Å². The molecule has 2 heterocycles. The number of hydrogen-bond donors (Lipinski definition) is 0. The van der Waals surface area contributed by atoms with Crippen LogP contribution in [0.1, 0.15) is 10.4 Å². The van der Waals surface area contributed by atoms with Gasteiger partial charge in [-0.3, -0.25) is 29.5 Å². The summed E-state index contributed by atoms with van der Waals surface area (Å²) in [6.45, 7) is 1.11. The van der Waals surface area contributed by atoms with Gasteiger partial charge in [-0.25, -0.2) is 8.42 Å². The van der Waals surface area contributed by atoms with Gasteiger partial charge < -0.3 is 4.74 Å². The Morgan fingerprint density at radius 2 is 1.75 bits per heavy atom. The Balaban J connectivity index is 1.46. The lowest BCUT2D eigenvalue weighted by Gasteiger charge is -2.35. The van der Waals surface area contributed by atoms with Crippen molar-refractivity contribution in [3.05, 3.63) is 58.1 Å². The van der Waals surface area contributed by atoms with E-state index in [2.05, 4.69) is 0 Å². The Morgan fingerprint density at radius 3 is 2.41 bits per heavy atom. The number of nitrogens with zero attached hydrogens (tertiary/aromatic N) is 4. The molecule has 0 radical (unpaired) electrons. The number of nitro benzene ring substituents is 1. The van der Waals surface area contributed by atoms with Crippen LogP contribution >= 0.6 is 0 Å². The Bertz CT molecular complexity index is 1210. The minimum Gasteiger partial charge on any atom is -0.490 e. The van der Waals surface area contributed by atoms with Gasteiger partial charge in [0.05, 0.1) is 34.8 Å². The highest BCUT2D eigenvalue weighted by atomic mass is 32.2. The fourth-order valence-corrected chi connectivity index (χ4v) is 5.26. The molecule has 168 valence electrons. The van der Waals surface area contributed by atoms with Crippen molar-refractivity contribution in [1.82, 2.24) is 9.21 Å². The lowest BCUT2D eigenvalue weighted by Crippen LogP contribution is -2.52. The number of hydrogen-bond acceptors (Lipinski definition) is 8. The van der Waals surface area contributed by atoms with Gasteiger partial charge in [-0.15, -0.1) is 0 Å². The first-order valence-corrected chi connectivity index (χ1v) is 11.2. The van der Waals surface area contributed by atoms with Crippen molar-refractivity contribution in [2.24, 2.45) is 0 Å². The van der Waals surface area contributed by atoms with Gasteiger partial charge in [-0.2, -0.15) is 4.31 Å². The number of amides is 1. The smallest absolute Gasteiger partial charge is 0.312 e. The summed E-state index contributed by atoms with van der Waals surface area (Å²) in [6.07, 6.45) is 0. The number of methoxy groups -OCH3 is 1. The summed E-state index contributed by atoms with van der Waals surface area (Å²) in [5.74, 6) is -1.18. The van der Waals surface area contributed by atoms with Crippen molar-refractivity contribution in [3.8, 4) is 5.75 Å². The van der Waals surface area contributed by atoms with Crippen LogP contribution in [0, 0.1) is 10.1 Å². The zero-order valence-electron chi connectivity index (χ0n) is 17.1. The van der Waals surface area contributed by atoms with Crippen LogP contribution < -0.4 is 9.64 Å². The predicted molar refractivity (Wildman–Crippen MR) is 113 cm³/mol. The molecule has 0 atom stereocenters. The molecule has 2 aromatic carbocycles. The fraction of sp³-hybridized carbons (Fsp3) is 0.300. The zero-order chi connectivity index (χ0) is 23.0. The fourth-order valence-electron chi connectivity index (χ4n) is 3.82. The monoisotopic (exact) mass is 460 g/mol. The molecule has 2 aliphatic rings. The summed E-state index contributed by atoms with van der Waals surface area (Å²) in [5, 5.41) is 11.2. The molecule has 0 spiro atoms. The van der Waals surface area contributed by atoms with Gasteiger partial charge in [0.15, 0.2) is 5.75 Å². The lowest BCUT2D eigenvalue weighted by atomic mass is 10.1. The Morgan fingerprint density at radius 1 is 1.06 bits per heavy atom. The van der Waals surface area contributed by atoms with Gasteiger partial charge in [-0.05, 0) is 24.3 Å². The van der Waals surface area contributed by atoms with E-state index in [9.17, 15) is 28.1 Å². The normalized spacial score (nSPS) is 17.5. The maximum absolute atomic E-state index is 13.0. The first-order chi connectivity index (χ1) is 15.2. The molecule has 1 amide bonds. The summed E-state index contributed by atoms with van der Waals surface area (Å²) >= 11 is 0. The summed E-state index contributed by atoms with van der Waals surface area (Å²) in [4.78, 5) is 38.2. The molecule has 32 heavy (non-hydrogen) atoms. The first-order valence-electron chi connectivity index (χ1n) is 9.74. The minimum absolute atomic E-state index is 0.0242. The van der Waals surface area contributed by atoms with E-state index in [1.807, 2.05) is 4.90 Å². The van der Waals surface area contributed by atoms with Crippen molar-refractivity contribution < 1.29 is 27.7 Å². The number of carbonyl (C=O) groups is 2. The van der Waals surface area contributed by atoms with E-state index in [1.54, 1.807) is 24.3 Å². The number of para-hydroxylation sites is 1. The second kappa shape index (κ2) is 8.30. The van der Waals surface area contributed by atoms with Gasteiger partial charge in [0, 0.05) is 32.2 Å². The summed E-state index contributed by atoms with van der Waals surface area (Å²) in [5.41, 5.74) is 0.478. The van der Waals surface area contributed by atoms with Crippen LogP contribution in [-0.2, 0) is 14.8 Å². The summed E-state index contributed by atoms with van der Waals surface area (Å²) in [6, 6.07) is 10.3. The molecule has 0 saturated carbocycles. The first kappa shape index (κ1) is 21.9. The number of fused-ring (bicyclic) bond motifs is 1. The van der Waals surface area contributed by atoms with Crippen molar-refractivity contribution in [1.29, 1.82) is 0 Å². The van der Waals surface area contributed by atoms with E-state index < -0.39 is 32.3 Å². The van der Waals surface area contributed by atoms with Gasteiger partial charge in [0.25, 0.3) is 5.78 Å². The number of nitro groups is 1. The second-order valence-corrected chi connectivity index (χ2v) is 9.27. The molecule has 0 N–H and O–H groups in total. The van der Waals surface area contributed by atoms with E-state index in [1.165, 1.54) is 28.4 Å². The van der Waals surface area contributed by atoms with Crippen molar-refractivity contribution in [2.75, 3.05) is 44.9 Å². The molecule has 11 nitrogen and oxygen atoms in total. The molecule has 4 rings (SSSR count). The van der Waals surface area contributed by atoms with Gasteiger partial charge in [0.1, 0.15) is 0 Å². The van der Waals surface area contributed by atoms with Crippen LogP contribution in [0.4, 0.5) is 11.4 Å². The Hall–Kier alpha value is -3.35. The highest BCUT2D eigenvalue weighted by Crippen LogP contribution is 2.31. The maximum Gasteiger partial charge on any atom is 0.312 e. The predicted octanol–water partition coefficient (Wildman–Crippen LogP) is 1.10. The number of piperazine rings is 1. The third kappa shape index (κ3) is 3.72. The molecule has 0 bridgehead atoms. The highest BCUT2D eigenvalue weighted by molar-refractivity contribution is 7.89. The number of ether oxygens (including phenoxy) is 1. The number of rotatable bonds is 6. The zero-order valence-corrected chi connectivity index (χ0v) is 17.9. The van der Waals surface area contributed by atoms with E-state index in [-0.39, 0.29) is 30.4 Å². The molecule has 2 aromatic rings. The van der Waals surface area contributed by atoms with Crippen molar-refractivity contribution >= 4 is 33.1 Å². The lowest BCUT2D eigenvalue weighted by molar-refractivity contribution is -0.386. The molecule has 2 aliphatic heterocycles. The molecule has 12 heteroatoms. The number of sulfonamides is 1. The van der Waals surface area contributed by atoms with Gasteiger partial charge in [0.2, 0.25) is 10.0 Å². The molecule has 0 aromatic heterocycles. The number of anilines is 1. The van der Waals surface area contributed by atoms with Crippen LogP contribution in [0.15, 0.2) is 47.4 Å². The van der Waals surface area contributed by atoms with Crippen molar-refractivity contribution in [2.45, 2.75) is 4.90 Å². The number of Topliss-reactive ketones (excluding diaryl/α,β-unsaturated/α-hetero) is 1. The molecule has 0 unspecified atom stereocenters. The van der Waals surface area contributed by atoms with Gasteiger partial charge >= 0.3 is 11.6 Å². The average molecular weight is 460 g/mol. The minimum atomic E-state index is -3.95. The largest absolute Gasteiger partial charge is 0.490 e.